The van der Waals surface area contributed by atoms with Gasteiger partial charge in [-0.1, -0.05) is 18.2 Å². The lowest BCUT2D eigenvalue weighted by Crippen LogP contribution is -2.51. The molecule has 0 aromatic heterocycles. The minimum atomic E-state index is -4.37. The summed E-state index contributed by atoms with van der Waals surface area (Å²) in [4.78, 5) is 13.1. The Hall–Kier alpha value is -1.60. The van der Waals surface area contributed by atoms with Crippen molar-refractivity contribution >= 4 is 5.91 Å². The number of aliphatic hydroxyl groups is 1. The number of carbonyl (C=O) groups excluding carboxylic acids is 1. The Labute approximate surface area is 133 Å². The summed E-state index contributed by atoms with van der Waals surface area (Å²) in [6.45, 7) is 2.52. The molecule has 1 aromatic carbocycles. The molecular weight excluding hydrogens is 309 g/mol. The number of piperidine rings is 1. The molecule has 1 amide bonds. The summed E-state index contributed by atoms with van der Waals surface area (Å²) in [5.41, 5.74) is -0.390. The molecule has 1 aromatic rings. The summed E-state index contributed by atoms with van der Waals surface area (Å²) in [7, 11) is 0. The van der Waals surface area contributed by atoms with E-state index in [-0.39, 0.29) is 36.6 Å². The van der Waals surface area contributed by atoms with Crippen molar-refractivity contribution in [2.45, 2.75) is 32.1 Å². The van der Waals surface area contributed by atoms with E-state index in [1.54, 1.807) is 6.07 Å². The summed E-state index contributed by atoms with van der Waals surface area (Å²) in [6.07, 6.45) is -3.76. The molecule has 2 unspecified atom stereocenters. The van der Waals surface area contributed by atoms with Crippen LogP contribution in [0.3, 0.4) is 0 Å². The third-order valence-corrected chi connectivity index (χ3v) is 4.16. The van der Waals surface area contributed by atoms with Crippen LogP contribution in [0.2, 0.25) is 0 Å². The summed E-state index contributed by atoms with van der Waals surface area (Å²) >= 11 is 0. The van der Waals surface area contributed by atoms with Crippen molar-refractivity contribution in [2.24, 2.45) is 5.92 Å². The van der Waals surface area contributed by atoms with Crippen LogP contribution >= 0.6 is 0 Å². The number of likely N-dealkylation sites (tertiary alicyclic amines) is 1. The van der Waals surface area contributed by atoms with E-state index in [4.69, 9.17) is 0 Å². The van der Waals surface area contributed by atoms with Crippen LogP contribution in [0.5, 0.6) is 0 Å². The van der Waals surface area contributed by atoms with E-state index in [0.29, 0.717) is 19.5 Å². The van der Waals surface area contributed by atoms with Gasteiger partial charge in [-0.3, -0.25) is 9.69 Å². The average molecular weight is 330 g/mol. The van der Waals surface area contributed by atoms with Crippen molar-refractivity contribution in [2.75, 3.05) is 19.7 Å². The number of nitrogens with one attached hydrogen (secondary N) is 1. The zero-order chi connectivity index (χ0) is 17.0. The molecule has 0 aliphatic carbocycles. The second kappa shape index (κ2) is 7.31. The zero-order valence-corrected chi connectivity index (χ0v) is 12.9. The minimum Gasteiger partial charge on any atom is -0.396 e. The molecule has 1 aliphatic rings. The van der Waals surface area contributed by atoms with Crippen LogP contribution in [-0.4, -0.2) is 41.7 Å². The molecule has 128 valence electrons. The second-order valence-corrected chi connectivity index (χ2v) is 5.93. The molecule has 1 fully saturated rings. The molecule has 7 heteroatoms. The van der Waals surface area contributed by atoms with Crippen molar-refractivity contribution in [3.8, 4) is 0 Å². The predicted molar refractivity (Wildman–Crippen MR) is 79.5 cm³/mol. The van der Waals surface area contributed by atoms with Gasteiger partial charge in [-0.05, 0) is 18.1 Å². The summed E-state index contributed by atoms with van der Waals surface area (Å²) in [5, 5.41) is 12.3. The molecular formula is C16H21F3N2O2. The monoisotopic (exact) mass is 330 g/mol. The molecule has 2 rings (SSSR count). The van der Waals surface area contributed by atoms with Gasteiger partial charge in [0.25, 0.3) is 0 Å². The molecule has 4 nitrogen and oxygen atoms in total. The number of carbonyl (C=O) groups is 1. The Morgan fingerprint density at radius 3 is 2.70 bits per heavy atom. The Kier molecular flexibility index (Phi) is 5.64. The minimum absolute atomic E-state index is 0.109. The van der Waals surface area contributed by atoms with Gasteiger partial charge < -0.3 is 10.4 Å². The first-order valence-electron chi connectivity index (χ1n) is 7.56. The van der Waals surface area contributed by atoms with Gasteiger partial charge in [0.05, 0.1) is 5.56 Å². The van der Waals surface area contributed by atoms with Crippen LogP contribution in [-0.2, 0) is 17.5 Å². The van der Waals surface area contributed by atoms with E-state index in [1.165, 1.54) is 19.1 Å². The normalized spacial score (nSPS) is 22.8. The van der Waals surface area contributed by atoms with Crippen molar-refractivity contribution in [1.82, 2.24) is 10.2 Å². The number of halogens is 3. The molecule has 2 N–H and O–H groups in total. The Balaban J connectivity index is 2.07. The van der Waals surface area contributed by atoms with Gasteiger partial charge in [-0.25, -0.2) is 0 Å². The second-order valence-electron chi connectivity index (χ2n) is 5.93. The van der Waals surface area contributed by atoms with E-state index < -0.39 is 11.7 Å². The number of rotatable bonds is 4. The van der Waals surface area contributed by atoms with E-state index in [0.717, 1.165) is 6.07 Å². The van der Waals surface area contributed by atoms with E-state index in [2.05, 4.69) is 5.32 Å². The Bertz CT molecular complexity index is 548. The summed E-state index contributed by atoms with van der Waals surface area (Å²) in [5.74, 6) is -0.338. The van der Waals surface area contributed by atoms with Gasteiger partial charge in [0.15, 0.2) is 0 Å². The number of aliphatic hydroxyl groups excluding tert-OH is 1. The SMILES string of the molecule is CC(=O)NC1CCN(Cc2ccccc2C(F)(F)F)CC1CO. The fourth-order valence-electron chi connectivity index (χ4n) is 3.06. The number of hydrogen-bond acceptors (Lipinski definition) is 3. The molecule has 1 heterocycles. The zero-order valence-electron chi connectivity index (χ0n) is 12.9. The van der Waals surface area contributed by atoms with Crippen LogP contribution in [0.1, 0.15) is 24.5 Å². The molecule has 1 saturated heterocycles. The lowest BCUT2D eigenvalue weighted by molar-refractivity contribution is -0.138. The maximum absolute atomic E-state index is 13.0. The van der Waals surface area contributed by atoms with Crippen LogP contribution < -0.4 is 5.32 Å². The number of hydrogen-bond donors (Lipinski definition) is 2. The van der Waals surface area contributed by atoms with Crippen molar-refractivity contribution < 1.29 is 23.1 Å². The average Bonchev–Trinajstić information content (AvgIpc) is 2.47. The summed E-state index contributed by atoms with van der Waals surface area (Å²) in [6, 6.07) is 5.41. The highest BCUT2D eigenvalue weighted by Gasteiger charge is 2.34. The topological polar surface area (TPSA) is 52.6 Å². The molecule has 1 aliphatic heterocycles. The van der Waals surface area contributed by atoms with Crippen LogP contribution in [0.4, 0.5) is 13.2 Å². The lowest BCUT2D eigenvalue weighted by atomic mass is 9.92. The standard InChI is InChI=1S/C16H21F3N2O2/c1-11(23)20-15-6-7-21(9-13(15)10-22)8-12-4-2-3-5-14(12)16(17,18)19/h2-5,13,15,22H,6-10H2,1H3,(H,20,23). The fourth-order valence-corrected chi connectivity index (χ4v) is 3.06. The van der Waals surface area contributed by atoms with Gasteiger partial charge >= 0.3 is 6.18 Å². The molecule has 2 atom stereocenters. The van der Waals surface area contributed by atoms with Crippen molar-refractivity contribution in [3.63, 3.8) is 0 Å². The maximum atomic E-state index is 13.0. The number of benzene rings is 1. The van der Waals surface area contributed by atoms with Gasteiger partial charge in [0.1, 0.15) is 0 Å². The number of amides is 1. The number of nitrogens with zero attached hydrogens (tertiary/aromatic N) is 1. The molecule has 0 saturated carbocycles. The third kappa shape index (κ3) is 4.68. The van der Waals surface area contributed by atoms with Crippen molar-refractivity contribution in [3.05, 3.63) is 35.4 Å². The first kappa shape index (κ1) is 17.7. The van der Waals surface area contributed by atoms with Crippen LogP contribution in [0.15, 0.2) is 24.3 Å². The molecule has 0 bridgehead atoms. The Morgan fingerprint density at radius 2 is 2.09 bits per heavy atom. The third-order valence-electron chi connectivity index (χ3n) is 4.16. The number of alkyl halides is 3. The van der Waals surface area contributed by atoms with E-state index in [1.807, 2.05) is 4.90 Å². The molecule has 0 spiro atoms. The Morgan fingerprint density at radius 1 is 1.39 bits per heavy atom. The first-order chi connectivity index (χ1) is 10.8. The van der Waals surface area contributed by atoms with Gasteiger partial charge in [-0.15, -0.1) is 0 Å². The lowest BCUT2D eigenvalue weighted by Gasteiger charge is -2.38. The highest BCUT2D eigenvalue weighted by Crippen LogP contribution is 2.33. The molecule has 23 heavy (non-hydrogen) atoms. The van der Waals surface area contributed by atoms with Crippen LogP contribution in [0.25, 0.3) is 0 Å². The first-order valence-corrected chi connectivity index (χ1v) is 7.56. The van der Waals surface area contributed by atoms with Gasteiger partial charge in [0.2, 0.25) is 5.91 Å². The molecule has 0 radical (unpaired) electrons. The predicted octanol–water partition coefficient (Wildman–Crippen LogP) is 2.02. The van der Waals surface area contributed by atoms with Crippen LogP contribution in [0, 0.1) is 5.92 Å². The van der Waals surface area contributed by atoms with Gasteiger partial charge in [-0.2, -0.15) is 13.2 Å². The maximum Gasteiger partial charge on any atom is 0.416 e. The largest absolute Gasteiger partial charge is 0.416 e. The van der Waals surface area contributed by atoms with E-state index >= 15 is 0 Å². The fraction of sp³-hybridized carbons (Fsp3) is 0.562. The summed E-state index contributed by atoms with van der Waals surface area (Å²) < 4.78 is 39.1. The van der Waals surface area contributed by atoms with Gasteiger partial charge in [0, 0.05) is 45.1 Å². The highest BCUT2D eigenvalue weighted by atomic mass is 19.4. The highest BCUT2D eigenvalue weighted by molar-refractivity contribution is 5.73. The smallest absolute Gasteiger partial charge is 0.396 e. The van der Waals surface area contributed by atoms with E-state index in [9.17, 15) is 23.1 Å². The quantitative estimate of drug-likeness (QED) is 0.888. The van der Waals surface area contributed by atoms with Crippen molar-refractivity contribution in [1.29, 1.82) is 0 Å².